The van der Waals surface area contributed by atoms with Gasteiger partial charge in [0.2, 0.25) is 5.91 Å². The highest BCUT2D eigenvalue weighted by atomic mass is 19.1. The maximum Gasteiger partial charge on any atom is 0.240 e. The number of anilines is 1. The molecule has 1 heterocycles. The van der Waals surface area contributed by atoms with E-state index < -0.39 is 6.04 Å². The first kappa shape index (κ1) is 18.1. The van der Waals surface area contributed by atoms with E-state index in [0.717, 1.165) is 11.3 Å². The predicted molar refractivity (Wildman–Crippen MR) is 99.2 cm³/mol. The average molecular weight is 363 g/mol. The minimum Gasteiger partial charge on any atom is -0.376 e. The molecule has 1 atom stereocenters. The molecule has 27 heavy (non-hydrogen) atoms. The fourth-order valence-corrected chi connectivity index (χ4v) is 2.66. The zero-order chi connectivity index (χ0) is 19.2. The Balaban J connectivity index is 1.71. The van der Waals surface area contributed by atoms with Crippen molar-refractivity contribution < 1.29 is 9.18 Å². The first-order valence-corrected chi connectivity index (χ1v) is 8.33. The number of aryl methyl sites for hydroxylation is 1. The standard InChI is InChI=1S/C20H18FN5O/c1-26-11-10-23-20(26)19(15-4-6-16(21)7-5-15)25-18(27)13-24-17-8-2-14(12-22)3-9-17/h2-11,19,24H,13H2,1H3,(H,25,27). The molecule has 2 aromatic carbocycles. The van der Waals surface area contributed by atoms with Crippen LogP contribution >= 0.6 is 0 Å². The van der Waals surface area contributed by atoms with E-state index in [9.17, 15) is 9.18 Å². The summed E-state index contributed by atoms with van der Waals surface area (Å²) in [4.78, 5) is 16.8. The molecule has 1 aromatic heterocycles. The molecule has 3 aromatic rings. The number of amides is 1. The molecule has 6 nitrogen and oxygen atoms in total. The Hall–Kier alpha value is -3.66. The van der Waals surface area contributed by atoms with Gasteiger partial charge in [-0.05, 0) is 42.0 Å². The minimum absolute atomic E-state index is 0.0496. The summed E-state index contributed by atoms with van der Waals surface area (Å²) in [6.45, 7) is 0.0496. The van der Waals surface area contributed by atoms with Crippen LogP contribution in [0, 0.1) is 17.1 Å². The number of carbonyl (C=O) groups is 1. The number of nitriles is 1. The van der Waals surface area contributed by atoms with E-state index in [-0.39, 0.29) is 18.3 Å². The van der Waals surface area contributed by atoms with E-state index in [0.29, 0.717) is 11.4 Å². The summed E-state index contributed by atoms with van der Waals surface area (Å²) in [5.41, 5.74) is 2.02. The Bertz CT molecular complexity index is 957. The molecule has 0 fully saturated rings. The quantitative estimate of drug-likeness (QED) is 0.705. The number of rotatable bonds is 6. The summed E-state index contributed by atoms with van der Waals surface area (Å²) in [7, 11) is 1.83. The van der Waals surface area contributed by atoms with E-state index in [4.69, 9.17) is 5.26 Å². The molecule has 0 bridgehead atoms. The summed E-state index contributed by atoms with van der Waals surface area (Å²) in [5, 5.41) is 14.8. The van der Waals surface area contributed by atoms with Gasteiger partial charge in [-0.15, -0.1) is 0 Å². The summed E-state index contributed by atoms with van der Waals surface area (Å²) in [6.07, 6.45) is 3.43. The minimum atomic E-state index is -0.499. The van der Waals surface area contributed by atoms with Gasteiger partial charge in [0.15, 0.2) is 0 Å². The molecule has 3 rings (SSSR count). The fourth-order valence-electron chi connectivity index (χ4n) is 2.66. The second kappa shape index (κ2) is 8.15. The number of benzene rings is 2. The second-order valence-corrected chi connectivity index (χ2v) is 5.99. The first-order chi connectivity index (χ1) is 13.1. The maximum absolute atomic E-state index is 13.3. The van der Waals surface area contributed by atoms with Crippen LogP contribution in [0.3, 0.4) is 0 Å². The second-order valence-electron chi connectivity index (χ2n) is 5.99. The molecule has 1 amide bonds. The highest BCUT2D eigenvalue weighted by Gasteiger charge is 2.20. The van der Waals surface area contributed by atoms with E-state index in [1.807, 2.05) is 17.7 Å². The van der Waals surface area contributed by atoms with Crippen molar-refractivity contribution in [1.82, 2.24) is 14.9 Å². The van der Waals surface area contributed by atoms with Crippen molar-refractivity contribution in [1.29, 1.82) is 5.26 Å². The lowest BCUT2D eigenvalue weighted by atomic mass is 10.1. The van der Waals surface area contributed by atoms with Gasteiger partial charge in [0.25, 0.3) is 0 Å². The summed E-state index contributed by atoms with van der Waals surface area (Å²) in [6, 6.07) is 14.3. The maximum atomic E-state index is 13.3. The molecule has 136 valence electrons. The zero-order valence-corrected chi connectivity index (χ0v) is 14.7. The largest absolute Gasteiger partial charge is 0.376 e. The van der Waals surface area contributed by atoms with Gasteiger partial charge in [-0.2, -0.15) is 5.26 Å². The van der Waals surface area contributed by atoms with Crippen LogP contribution in [0.4, 0.5) is 10.1 Å². The van der Waals surface area contributed by atoms with Crippen LogP contribution in [-0.4, -0.2) is 22.0 Å². The van der Waals surface area contributed by atoms with Gasteiger partial charge in [-0.1, -0.05) is 12.1 Å². The number of nitrogens with zero attached hydrogens (tertiary/aromatic N) is 3. The number of nitrogens with one attached hydrogen (secondary N) is 2. The van der Waals surface area contributed by atoms with E-state index >= 15 is 0 Å². The molecular weight excluding hydrogens is 345 g/mol. The van der Waals surface area contributed by atoms with Crippen LogP contribution in [0.25, 0.3) is 0 Å². The van der Waals surface area contributed by atoms with Crippen LogP contribution in [0.15, 0.2) is 60.9 Å². The summed E-state index contributed by atoms with van der Waals surface area (Å²) < 4.78 is 15.1. The van der Waals surface area contributed by atoms with Crippen LogP contribution in [-0.2, 0) is 11.8 Å². The normalized spacial score (nSPS) is 11.4. The lowest BCUT2D eigenvalue weighted by molar-refractivity contribution is -0.119. The molecule has 1 unspecified atom stereocenters. The Morgan fingerprint density at radius 2 is 1.93 bits per heavy atom. The van der Waals surface area contributed by atoms with Crippen molar-refractivity contribution in [3.8, 4) is 6.07 Å². The van der Waals surface area contributed by atoms with Gasteiger partial charge in [0.05, 0.1) is 18.2 Å². The average Bonchev–Trinajstić information content (AvgIpc) is 3.11. The van der Waals surface area contributed by atoms with Crippen LogP contribution < -0.4 is 10.6 Å². The number of halogens is 1. The molecule has 0 saturated carbocycles. The van der Waals surface area contributed by atoms with Crippen LogP contribution in [0.2, 0.25) is 0 Å². The van der Waals surface area contributed by atoms with Crippen LogP contribution in [0.1, 0.15) is 23.0 Å². The van der Waals surface area contributed by atoms with Crippen molar-refractivity contribution in [2.24, 2.45) is 7.05 Å². The third kappa shape index (κ3) is 4.50. The van der Waals surface area contributed by atoms with Gasteiger partial charge >= 0.3 is 0 Å². The Morgan fingerprint density at radius 3 is 2.52 bits per heavy atom. The van der Waals surface area contributed by atoms with Gasteiger partial charge in [-0.25, -0.2) is 9.37 Å². The highest BCUT2D eigenvalue weighted by Crippen LogP contribution is 2.20. The molecule has 0 aliphatic rings. The fraction of sp³-hybridized carbons (Fsp3) is 0.150. The van der Waals surface area contributed by atoms with Crippen LogP contribution in [0.5, 0.6) is 0 Å². The zero-order valence-electron chi connectivity index (χ0n) is 14.7. The Kier molecular flexibility index (Phi) is 5.47. The molecule has 0 aliphatic heterocycles. The van der Waals surface area contributed by atoms with Crippen molar-refractivity contribution in [3.63, 3.8) is 0 Å². The monoisotopic (exact) mass is 363 g/mol. The van der Waals surface area contributed by atoms with Gasteiger partial charge in [0, 0.05) is 25.1 Å². The molecular formula is C20H18FN5O. The van der Waals surface area contributed by atoms with Gasteiger partial charge < -0.3 is 15.2 Å². The topological polar surface area (TPSA) is 82.7 Å². The molecule has 2 N–H and O–H groups in total. The summed E-state index contributed by atoms with van der Waals surface area (Å²) >= 11 is 0. The predicted octanol–water partition coefficient (Wildman–Crippen LogP) is 2.75. The number of carbonyl (C=O) groups excluding carboxylic acids is 1. The SMILES string of the molecule is Cn1ccnc1C(NC(=O)CNc1ccc(C#N)cc1)c1ccc(F)cc1. The number of hydrogen-bond acceptors (Lipinski definition) is 4. The van der Waals surface area contributed by atoms with Crippen molar-refractivity contribution in [2.75, 3.05) is 11.9 Å². The highest BCUT2D eigenvalue weighted by molar-refractivity contribution is 5.81. The van der Waals surface area contributed by atoms with Crippen molar-refractivity contribution >= 4 is 11.6 Å². The third-order valence-electron chi connectivity index (χ3n) is 4.09. The Morgan fingerprint density at radius 1 is 1.22 bits per heavy atom. The first-order valence-electron chi connectivity index (χ1n) is 8.33. The lowest BCUT2D eigenvalue weighted by Gasteiger charge is -2.19. The molecule has 0 spiro atoms. The number of imidazole rings is 1. The molecule has 0 aliphatic carbocycles. The van der Waals surface area contributed by atoms with E-state index in [1.165, 1.54) is 12.1 Å². The van der Waals surface area contributed by atoms with E-state index in [1.54, 1.807) is 48.8 Å². The van der Waals surface area contributed by atoms with E-state index in [2.05, 4.69) is 15.6 Å². The summed E-state index contributed by atoms with van der Waals surface area (Å²) in [5.74, 6) is 0.0659. The smallest absolute Gasteiger partial charge is 0.240 e. The van der Waals surface area contributed by atoms with Gasteiger partial charge in [-0.3, -0.25) is 4.79 Å². The number of hydrogen-bond donors (Lipinski definition) is 2. The molecule has 0 saturated heterocycles. The molecule has 7 heteroatoms. The lowest BCUT2D eigenvalue weighted by Crippen LogP contribution is -2.35. The van der Waals surface area contributed by atoms with Gasteiger partial charge in [0.1, 0.15) is 17.7 Å². The van der Waals surface area contributed by atoms with Crippen molar-refractivity contribution in [2.45, 2.75) is 6.04 Å². The number of aromatic nitrogens is 2. The van der Waals surface area contributed by atoms with Crippen molar-refractivity contribution in [3.05, 3.63) is 83.7 Å². The Labute approximate surface area is 156 Å². The molecule has 0 radical (unpaired) electrons. The third-order valence-corrected chi connectivity index (χ3v) is 4.09.